The summed E-state index contributed by atoms with van der Waals surface area (Å²) >= 11 is 0. The van der Waals surface area contributed by atoms with Crippen LogP contribution in [0.4, 0.5) is 18.9 Å². The summed E-state index contributed by atoms with van der Waals surface area (Å²) in [6.07, 6.45) is -4.40. The Hall–Kier alpha value is -3.03. The minimum atomic E-state index is -4.40. The Bertz CT molecular complexity index is 889. The summed E-state index contributed by atoms with van der Waals surface area (Å²) in [6.45, 7) is 1.54. The van der Waals surface area contributed by atoms with Crippen LogP contribution in [0.1, 0.15) is 17.0 Å². The van der Waals surface area contributed by atoms with Gasteiger partial charge in [0.1, 0.15) is 5.75 Å². The molecular weight excluding hydrogens is 347 g/mol. The van der Waals surface area contributed by atoms with Gasteiger partial charge in [-0.05, 0) is 48.9 Å². The second-order valence-corrected chi connectivity index (χ2v) is 5.62. The molecule has 0 aliphatic rings. The first-order chi connectivity index (χ1) is 12.4. The molecule has 0 unspecified atom stereocenters. The number of methoxy groups -OCH3 is 1. The number of hydrogen-bond donors (Lipinski definition) is 1. The molecule has 136 valence electrons. The van der Waals surface area contributed by atoms with E-state index in [0.29, 0.717) is 17.3 Å². The molecule has 26 heavy (non-hydrogen) atoms. The van der Waals surface area contributed by atoms with Gasteiger partial charge in [0.2, 0.25) is 11.7 Å². The van der Waals surface area contributed by atoms with Crippen molar-refractivity contribution in [3.63, 3.8) is 0 Å². The Kier molecular flexibility index (Phi) is 4.83. The summed E-state index contributed by atoms with van der Waals surface area (Å²) in [5, 5.41) is 6.75. The molecule has 1 heterocycles. The number of anilines is 1. The van der Waals surface area contributed by atoms with Gasteiger partial charge in [0.25, 0.3) is 0 Å². The molecule has 2 aromatic carbocycles. The van der Waals surface area contributed by atoms with Crippen molar-refractivity contribution in [2.45, 2.75) is 19.6 Å². The van der Waals surface area contributed by atoms with Crippen LogP contribution in [0.25, 0.3) is 11.4 Å². The third kappa shape index (κ3) is 3.96. The first-order valence-electron chi connectivity index (χ1n) is 7.75. The van der Waals surface area contributed by atoms with Gasteiger partial charge in [0.05, 0.1) is 19.2 Å². The van der Waals surface area contributed by atoms with Gasteiger partial charge in [-0.25, -0.2) is 0 Å². The molecule has 5 nitrogen and oxygen atoms in total. The van der Waals surface area contributed by atoms with Gasteiger partial charge in [-0.15, -0.1) is 0 Å². The summed E-state index contributed by atoms with van der Waals surface area (Å²) in [5.74, 6) is 1.37. The van der Waals surface area contributed by atoms with E-state index in [1.165, 1.54) is 13.0 Å². The third-order valence-corrected chi connectivity index (χ3v) is 3.80. The summed E-state index contributed by atoms with van der Waals surface area (Å²) in [5.41, 5.74) is 0.567. The van der Waals surface area contributed by atoms with Gasteiger partial charge in [-0.2, -0.15) is 18.2 Å². The number of benzene rings is 2. The number of hydrogen-bond acceptors (Lipinski definition) is 5. The number of aromatic nitrogens is 2. The molecule has 1 aromatic heterocycles. The molecule has 0 fully saturated rings. The van der Waals surface area contributed by atoms with Gasteiger partial charge in [0, 0.05) is 11.3 Å². The topological polar surface area (TPSA) is 60.2 Å². The maximum absolute atomic E-state index is 13.0. The van der Waals surface area contributed by atoms with E-state index in [1.54, 1.807) is 37.4 Å². The third-order valence-electron chi connectivity index (χ3n) is 3.80. The molecule has 3 rings (SSSR count). The van der Waals surface area contributed by atoms with Crippen molar-refractivity contribution < 1.29 is 22.4 Å². The SMILES string of the molecule is COc1ccc(-c2noc(CNc3ccc(C)c(C(F)(F)F)c3)n2)cc1. The van der Waals surface area contributed by atoms with Crippen LogP contribution in [0.2, 0.25) is 0 Å². The number of rotatable bonds is 5. The Labute approximate surface area is 147 Å². The average Bonchev–Trinajstić information content (AvgIpc) is 3.09. The maximum atomic E-state index is 13.0. The standard InChI is InChI=1S/C18H16F3N3O2/c1-11-3-6-13(9-15(11)18(19,20)21)22-10-16-23-17(24-26-16)12-4-7-14(25-2)8-5-12/h3-9,22H,10H2,1-2H3. The van der Waals surface area contributed by atoms with Gasteiger partial charge in [-0.3, -0.25) is 0 Å². The summed E-state index contributed by atoms with van der Waals surface area (Å²) in [4.78, 5) is 4.24. The summed E-state index contributed by atoms with van der Waals surface area (Å²) < 4.78 is 49.1. The number of halogens is 3. The Balaban J connectivity index is 1.70. The second-order valence-electron chi connectivity index (χ2n) is 5.62. The van der Waals surface area contributed by atoms with Crippen molar-refractivity contribution in [3.05, 3.63) is 59.5 Å². The van der Waals surface area contributed by atoms with Crippen molar-refractivity contribution in [2.75, 3.05) is 12.4 Å². The number of ether oxygens (including phenoxy) is 1. The van der Waals surface area contributed by atoms with Crippen molar-refractivity contribution >= 4 is 5.69 Å². The molecule has 3 aromatic rings. The van der Waals surface area contributed by atoms with E-state index in [2.05, 4.69) is 15.5 Å². The summed E-state index contributed by atoms with van der Waals surface area (Å²) in [7, 11) is 1.57. The zero-order valence-corrected chi connectivity index (χ0v) is 14.1. The lowest BCUT2D eigenvalue weighted by molar-refractivity contribution is -0.138. The normalized spacial score (nSPS) is 11.4. The second kappa shape index (κ2) is 7.07. The van der Waals surface area contributed by atoms with E-state index in [-0.39, 0.29) is 18.0 Å². The zero-order chi connectivity index (χ0) is 18.7. The van der Waals surface area contributed by atoms with E-state index in [1.807, 2.05) is 0 Å². The van der Waals surface area contributed by atoms with Gasteiger partial charge >= 0.3 is 6.18 Å². The number of nitrogens with one attached hydrogen (secondary N) is 1. The van der Waals surface area contributed by atoms with Crippen LogP contribution in [0.3, 0.4) is 0 Å². The molecule has 0 amide bonds. The van der Waals surface area contributed by atoms with Gasteiger partial charge in [0.15, 0.2) is 0 Å². The Morgan fingerprint density at radius 2 is 1.85 bits per heavy atom. The number of alkyl halides is 3. The highest BCUT2D eigenvalue weighted by Gasteiger charge is 2.32. The Morgan fingerprint density at radius 1 is 1.12 bits per heavy atom. The molecule has 0 radical (unpaired) electrons. The quantitative estimate of drug-likeness (QED) is 0.713. The fourth-order valence-electron chi connectivity index (χ4n) is 2.40. The Morgan fingerprint density at radius 3 is 2.50 bits per heavy atom. The lowest BCUT2D eigenvalue weighted by Crippen LogP contribution is -2.09. The molecule has 0 bridgehead atoms. The number of aryl methyl sites for hydroxylation is 1. The van der Waals surface area contributed by atoms with Crippen LogP contribution in [-0.4, -0.2) is 17.3 Å². The molecular formula is C18H16F3N3O2. The van der Waals surface area contributed by atoms with E-state index in [0.717, 1.165) is 11.6 Å². The summed E-state index contributed by atoms with van der Waals surface area (Å²) in [6, 6.07) is 11.2. The minimum absolute atomic E-state index is 0.115. The first-order valence-corrected chi connectivity index (χ1v) is 7.75. The van der Waals surface area contributed by atoms with E-state index >= 15 is 0 Å². The predicted molar refractivity (Wildman–Crippen MR) is 89.8 cm³/mol. The minimum Gasteiger partial charge on any atom is -0.497 e. The molecule has 8 heteroatoms. The monoisotopic (exact) mass is 363 g/mol. The smallest absolute Gasteiger partial charge is 0.416 e. The average molecular weight is 363 g/mol. The molecule has 1 N–H and O–H groups in total. The van der Waals surface area contributed by atoms with Crippen LogP contribution in [-0.2, 0) is 12.7 Å². The highest BCUT2D eigenvalue weighted by atomic mass is 19.4. The van der Waals surface area contributed by atoms with Crippen molar-refractivity contribution in [2.24, 2.45) is 0 Å². The lowest BCUT2D eigenvalue weighted by Gasteiger charge is -2.12. The van der Waals surface area contributed by atoms with Crippen LogP contribution in [0.5, 0.6) is 5.75 Å². The lowest BCUT2D eigenvalue weighted by atomic mass is 10.1. The van der Waals surface area contributed by atoms with Crippen molar-refractivity contribution in [1.29, 1.82) is 0 Å². The van der Waals surface area contributed by atoms with Crippen LogP contribution < -0.4 is 10.1 Å². The first kappa shape index (κ1) is 17.8. The van der Waals surface area contributed by atoms with Crippen LogP contribution >= 0.6 is 0 Å². The van der Waals surface area contributed by atoms with E-state index < -0.39 is 11.7 Å². The largest absolute Gasteiger partial charge is 0.497 e. The fourth-order valence-corrected chi connectivity index (χ4v) is 2.40. The van der Waals surface area contributed by atoms with E-state index in [9.17, 15) is 13.2 Å². The highest BCUT2D eigenvalue weighted by Crippen LogP contribution is 2.33. The number of nitrogens with zero attached hydrogens (tertiary/aromatic N) is 2. The molecule has 0 saturated carbocycles. The fraction of sp³-hybridized carbons (Fsp3) is 0.222. The highest BCUT2D eigenvalue weighted by molar-refractivity contribution is 5.55. The van der Waals surface area contributed by atoms with Gasteiger partial charge in [-0.1, -0.05) is 11.2 Å². The molecule has 0 aliphatic heterocycles. The molecule has 0 atom stereocenters. The molecule has 0 saturated heterocycles. The van der Waals surface area contributed by atoms with Crippen LogP contribution in [0.15, 0.2) is 47.0 Å². The van der Waals surface area contributed by atoms with Gasteiger partial charge < -0.3 is 14.6 Å². The molecule has 0 spiro atoms. The zero-order valence-electron chi connectivity index (χ0n) is 14.1. The maximum Gasteiger partial charge on any atom is 0.416 e. The van der Waals surface area contributed by atoms with E-state index in [4.69, 9.17) is 9.26 Å². The van der Waals surface area contributed by atoms with Crippen molar-refractivity contribution in [1.82, 2.24) is 10.1 Å². The molecule has 0 aliphatic carbocycles. The van der Waals surface area contributed by atoms with Crippen molar-refractivity contribution in [3.8, 4) is 17.1 Å². The van der Waals surface area contributed by atoms with Crippen LogP contribution in [0, 0.1) is 6.92 Å². The predicted octanol–water partition coefficient (Wildman–Crippen LogP) is 4.68.